The van der Waals surface area contributed by atoms with Gasteiger partial charge < -0.3 is 9.47 Å². The van der Waals surface area contributed by atoms with E-state index >= 15 is 0 Å². The molecule has 2 rings (SSSR count). The molecule has 0 amide bonds. The smallest absolute Gasteiger partial charge is 0.306 e. The Morgan fingerprint density at radius 2 is 1.14 bits per heavy atom. The molecule has 156 valence electrons. The summed E-state index contributed by atoms with van der Waals surface area (Å²) >= 11 is 0. The predicted molar refractivity (Wildman–Crippen MR) is 110 cm³/mol. The van der Waals surface area contributed by atoms with Crippen LogP contribution in [0.1, 0.15) is 82.4 Å². The first-order chi connectivity index (χ1) is 14.1. The van der Waals surface area contributed by atoms with Crippen LogP contribution in [0.2, 0.25) is 0 Å². The maximum Gasteiger partial charge on any atom is 0.306 e. The molecule has 2 aromatic rings. The van der Waals surface area contributed by atoms with Gasteiger partial charge in [0.1, 0.15) is 12.2 Å². The molecule has 0 aromatic carbocycles. The summed E-state index contributed by atoms with van der Waals surface area (Å²) in [6.07, 6.45) is 7.95. The highest BCUT2D eigenvalue weighted by molar-refractivity contribution is 5.70. The number of aromatic nitrogens is 2. The number of pyridine rings is 2. The van der Waals surface area contributed by atoms with Crippen LogP contribution in [0, 0.1) is 0 Å². The molecule has 2 unspecified atom stereocenters. The number of unbranched alkanes of at least 4 members (excludes halogenated alkanes) is 4. The van der Waals surface area contributed by atoms with Gasteiger partial charge in [0.2, 0.25) is 0 Å². The van der Waals surface area contributed by atoms with Crippen LogP contribution < -0.4 is 0 Å². The van der Waals surface area contributed by atoms with E-state index in [1.807, 2.05) is 50.2 Å². The van der Waals surface area contributed by atoms with Crippen LogP contribution in [-0.4, -0.2) is 21.9 Å². The van der Waals surface area contributed by atoms with E-state index in [1.165, 1.54) is 0 Å². The summed E-state index contributed by atoms with van der Waals surface area (Å²) in [6, 6.07) is 11.1. The van der Waals surface area contributed by atoms with Crippen molar-refractivity contribution in [1.82, 2.24) is 9.97 Å². The van der Waals surface area contributed by atoms with Crippen molar-refractivity contribution in [3.63, 3.8) is 0 Å². The maximum absolute atomic E-state index is 11.9. The molecule has 2 atom stereocenters. The summed E-state index contributed by atoms with van der Waals surface area (Å²) in [5, 5.41) is 0. The Balaban J connectivity index is 1.49. The van der Waals surface area contributed by atoms with Crippen molar-refractivity contribution in [2.24, 2.45) is 0 Å². The first kappa shape index (κ1) is 22.5. The second kappa shape index (κ2) is 12.6. The molecule has 0 aliphatic heterocycles. The third-order valence-corrected chi connectivity index (χ3v) is 4.59. The summed E-state index contributed by atoms with van der Waals surface area (Å²) in [4.78, 5) is 32.2. The van der Waals surface area contributed by atoms with E-state index in [2.05, 4.69) is 9.97 Å². The van der Waals surface area contributed by atoms with Gasteiger partial charge in [0.15, 0.2) is 0 Å². The van der Waals surface area contributed by atoms with Gasteiger partial charge in [0.25, 0.3) is 0 Å². The van der Waals surface area contributed by atoms with E-state index < -0.39 is 0 Å². The van der Waals surface area contributed by atoms with Crippen LogP contribution >= 0.6 is 0 Å². The normalized spacial score (nSPS) is 12.8. The van der Waals surface area contributed by atoms with Gasteiger partial charge in [0, 0.05) is 25.2 Å². The van der Waals surface area contributed by atoms with Gasteiger partial charge in [0.05, 0.1) is 11.4 Å². The number of esters is 2. The fourth-order valence-electron chi connectivity index (χ4n) is 2.93. The lowest BCUT2D eigenvalue weighted by Gasteiger charge is -2.13. The average molecular weight is 399 g/mol. The monoisotopic (exact) mass is 398 g/mol. The van der Waals surface area contributed by atoms with E-state index in [4.69, 9.17) is 9.47 Å². The quantitative estimate of drug-likeness (QED) is 0.365. The minimum atomic E-state index is -0.330. The van der Waals surface area contributed by atoms with Gasteiger partial charge in [-0.05, 0) is 51.0 Å². The molecule has 0 radical (unpaired) electrons. The zero-order chi connectivity index (χ0) is 20.9. The minimum Gasteiger partial charge on any atom is -0.456 e. The number of hydrogen-bond acceptors (Lipinski definition) is 6. The van der Waals surface area contributed by atoms with Crippen molar-refractivity contribution in [1.29, 1.82) is 0 Å². The fourth-order valence-corrected chi connectivity index (χ4v) is 2.93. The van der Waals surface area contributed by atoms with Crippen molar-refractivity contribution in [3.05, 3.63) is 60.2 Å². The maximum atomic E-state index is 11.9. The molecule has 0 aliphatic carbocycles. The summed E-state index contributed by atoms with van der Waals surface area (Å²) in [5.41, 5.74) is 1.51. The molecular weight excluding hydrogens is 368 g/mol. The molecule has 0 aliphatic rings. The first-order valence-electron chi connectivity index (χ1n) is 10.3. The zero-order valence-corrected chi connectivity index (χ0v) is 17.3. The Morgan fingerprint density at radius 3 is 1.52 bits per heavy atom. The van der Waals surface area contributed by atoms with E-state index in [-0.39, 0.29) is 24.1 Å². The van der Waals surface area contributed by atoms with Crippen molar-refractivity contribution in [2.45, 2.75) is 71.0 Å². The molecule has 6 nitrogen and oxygen atoms in total. The molecule has 29 heavy (non-hydrogen) atoms. The van der Waals surface area contributed by atoms with E-state index in [1.54, 1.807) is 12.4 Å². The second-order valence-electron chi connectivity index (χ2n) is 7.04. The third kappa shape index (κ3) is 8.85. The number of carbonyl (C=O) groups is 2. The Labute approximate surface area is 172 Å². The van der Waals surface area contributed by atoms with Crippen LogP contribution in [-0.2, 0) is 19.1 Å². The highest BCUT2D eigenvalue weighted by atomic mass is 16.5. The summed E-state index contributed by atoms with van der Waals surface area (Å²) in [7, 11) is 0. The molecule has 0 N–H and O–H groups in total. The van der Waals surface area contributed by atoms with Crippen LogP contribution in [0.25, 0.3) is 0 Å². The van der Waals surface area contributed by atoms with E-state index in [0.717, 1.165) is 43.5 Å². The summed E-state index contributed by atoms with van der Waals surface area (Å²) < 4.78 is 10.8. The number of hydrogen-bond donors (Lipinski definition) is 0. The highest BCUT2D eigenvalue weighted by Gasteiger charge is 2.13. The van der Waals surface area contributed by atoms with Crippen molar-refractivity contribution in [2.75, 3.05) is 0 Å². The van der Waals surface area contributed by atoms with Crippen molar-refractivity contribution in [3.8, 4) is 0 Å². The van der Waals surface area contributed by atoms with Gasteiger partial charge in [-0.1, -0.05) is 31.4 Å². The Bertz CT molecular complexity index is 674. The standard InChI is InChI=1S/C23H30N2O4/c1-18(20-12-8-10-16-24-20)28-22(26)14-6-4-3-5-7-15-23(27)29-19(2)21-13-9-11-17-25-21/h8-13,16-19H,3-7,14-15H2,1-2H3. The number of carbonyl (C=O) groups excluding carboxylic acids is 2. The Hall–Kier alpha value is -2.76. The Morgan fingerprint density at radius 1 is 0.724 bits per heavy atom. The number of nitrogens with zero attached hydrogens (tertiary/aromatic N) is 2. The molecule has 2 heterocycles. The molecule has 2 aromatic heterocycles. The van der Waals surface area contributed by atoms with Gasteiger partial charge >= 0.3 is 11.9 Å². The molecule has 0 bridgehead atoms. The molecule has 6 heteroatoms. The SMILES string of the molecule is CC(OC(=O)CCCCCCCC(=O)OC(C)c1ccccn1)c1ccccn1. The van der Waals surface area contributed by atoms with E-state index in [9.17, 15) is 9.59 Å². The van der Waals surface area contributed by atoms with Crippen LogP contribution in [0.3, 0.4) is 0 Å². The minimum absolute atomic E-state index is 0.199. The number of ether oxygens (including phenoxy) is 2. The lowest BCUT2D eigenvalue weighted by molar-refractivity contribution is -0.149. The predicted octanol–water partition coefficient (Wildman–Crippen LogP) is 5.12. The lowest BCUT2D eigenvalue weighted by atomic mass is 10.1. The lowest BCUT2D eigenvalue weighted by Crippen LogP contribution is -2.10. The van der Waals surface area contributed by atoms with Gasteiger partial charge in [-0.2, -0.15) is 0 Å². The van der Waals surface area contributed by atoms with Crippen LogP contribution in [0.5, 0.6) is 0 Å². The highest BCUT2D eigenvalue weighted by Crippen LogP contribution is 2.17. The Kier molecular flexibility index (Phi) is 9.83. The van der Waals surface area contributed by atoms with Crippen LogP contribution in [0.4, 0.5) is 0 Å². The van der Waals surface area contributed by atoms with Gasteiger partial charge in [-0.3, -0.25) is 19.6 Å². The zero-order valence-electron chi connectivity index (χ0n) is 17.3. The molecule has 0 fully saturated rings. The molecule has 0 spiro atoms. The third-order valence-electron chi connectivity index (χ3n) is 4.59. The fraction of sp³-hybridized carbons (Fsp3) is 0.478. The summed E-state index contributed by atoms with van der Waals surface area (Å²) in [6.45, 7) is 3.65. The van der Waals surface area contributed by atoms with Crippen LogP contribution in [0.15, 0.2) is 48.8 Å². The molecular formula is C23H30N2O4. The second-order valence-corrected chi connectivity index (χ2v) is 7.04. The summed E-state index contributed by atoms with van der Waals surface area (Å²) in [5.74, 6) is -0.398. The first-order valence-corrected chi connectivity index (χ1v) is 10.3. The van der Waals surface area contributed by atoms with Crippen molar-refractivity contribution >= 4 is 11.9 Å². The van der Waals surface area contributed by atoms with Gasteiger partial charge in [-0.25, -0.2) is 0 Å². The van der Waals surface area contributed by atoms with E-state index in [0.29, 0.717) is 12.8 Å². The van der Waals surface area contributed by atoms with Gasteiger partial charge in [-0.15, -0.1) is 0 Å². The molecule has 0 saturated heterocycles. The van der Waals surface area contributed by atoms with Crippen molar-refractivity contribution < 1.29 is 19.1 Å². The largest absolute Gasteiger partial charge is 0.456 e. The molecule has 0 saturated carbocycles. The number of rotatable bonds is 12. The topological polar surface area (TPSA) is 78.4 Å². The average Bonchev–Trinajstić information content (AvgIpc) is 2.74.